The molecule has 0 unspecified atom stereocenters. The van der Waals surface area contributed by atoms with E-state index in [1.54, 1.807) is 0 Å². The van der Waals surface area contributed by atoms with E-state index >= 15 is 0 Å². The number of morpholine rings is 1. The topological polar surface area (TPSA) is 42.0 Å². The Labute approximate surface area is 133 Å². The Hall–Kier alpha value is -0.650. The van der Waals surface area contributed by atoms with Gasteiger partial charge in [-0.2, -0.15) is 0 Å². The molecule has 3 rings (SSSR count). The summed E-state index contributed by atoms with van der Waals surface area (Å²) in [4.78, 5) is 17.0. The first-order valence-corrected chi connectivity index (χ1v) is 8.86. The van der Waals surface area contributed by atoms with E-state index in [4.69, 9.17) is 9.47 Å². The molecular formula is C17H30N2O3. The third kappa shape index (κ3) is 4.93. The van der Waals surface area contributed by atoms with E-state index in [2.05, 4.69) is 16.8 Å². The molecule has 0 bridgehead atoms. The fourth-order valence-corrected chi connectivity index (χ4v) is 3.41. The van der Waals surface area contributed by atoms with Gasteiger partial charge in [-0.3, -0.25) is 4.79 Å². The Kier molecular flexibility index (Phi) is 5.71. The number of likely N-dealkylation sites (N-methyl/N-ethyl adjacent to an activating group) is 1. The van der Waals surface area contributed by atoms with Crippen LogP contribution in [0.2, 0.25) is 0 Å². The molecule has 22 heavy (non-hydrogen) atoms. The Morgan fingerprint density at radius 3 is 2.73 bits per heavy atom. The van der Waals surface area contributed by atoms with Crippen molar-refractivity contribution in [3.63, 3.8) is 0 Å². The molecule has 1 aliphatic carbocycles. The van der Waals surface area contributed by atoms with E-state index in [9.17, 15) is 4.79 Å². The van der Waals surface area contributed by atoms with Crippen molar-refractivity contribution >= 4 is 5.91 Å². The van der Waals surface area contributed by atoms with Crippen LogP contribution >= 0.6 is 0 Å². The average molecular weight is 310 g/mol. The molecule has 5 heteroatoms. The maximum atomic E-state index is 12.6. The van der Waals surface area contributed by atoms with E-state index < -0.39 is 0 Å². The molecule has 3 aliphatic rings. The minimum Gasteiger partial charge on any atom is -0.381 e. The quantitative estimate of drug-likeness (QED) is 0.712. The number of hydrogen-bond donors (Lipinski definition) is 0. The number of ether oxygens (including phenoxy) is 2. The lowest BCUT2D eigenvalue weighted by Gasteiger charge is -2.34. The van der Waals surface area contributed by atoms with Gasteiger partial charge >= 0.3 is 0 Å². The van der Waals surface area contributed by atoms with E-state index in [1.165, 1.54) is 12.8 Å². The van der Waals surface area contributed by atoms with Crippen LogP contribution in [0.3, 0.4) is 0 Å². The minimum atomic E-state index is 0.177. The third-order valence-corrected chi connectivity index (χ3v) is 5.08. The number of nitrogens with zero attached hydrogens (tertiary/aromatic N) is 2. The van der Waals surface area contributed by atoms with Crippen molar-refractivity contribution in [3.05, 3.63) is 0 Å². The summed E-state index contributed by atoms with van der Waals surface area (Å²) in [7, 11) is 2.13. The first kappa shape index (κ1) is 16.2. The van der Waals surface area contributed by atoms with Gasteiger partial charge in [0.2, 0.25) is 5.91 Å². The molecule has 2 saturated heterocycles. The summed E-state index contributed by atoms with van der Waals surface area (Å²) in [6.07, 6.45) is 5.51. The normalized spacial score (nSPS) is 29.7. The number of carbonyl (C=O) groups is 1. The molecule has 126 valence electrons. The molecule has 0 radical (unpaired) electrons. The predicted molar refractivity (Wildman–Crippen MR) is 84.7 cm³/mol. The number of rotatable bonds is 7. The second kappa shape index (κ2) is 7.75. The van der Waals surface area contributed by atoms with Crippen LogP contribution in [0.1, 0.15) is 32.1 Å². The van der Waals surface area contributed by atoms with Crippen LogP contribution in [-0.2, 0) is 14.3 Å². The highest BCUT2D eigenvalue weighted by molar-refractivity contribution is 5.76. The average Bonchev–Trinajstić information content (AvgIpc) is 3.16. The second-order valence-corrected chi connectivity index (χ2v) is 7.27. The van der Waals surface area contributed by atoms with Gasteiger partial charge in [0.15, 0.2) is 0 Å². The van der Waals surface area contributed by atoms with Crippen molar-refractivity contribution in [2.24, 2.45) is 11.8 Å². The molecule has 0 aromatic carbocycles. The predicted octanol–water partition coefficient (Wildman–Crippen LogP) is 1.37. The molecule has 2 aliphatic heterocycles. The van der Waals surface area contributed by atoms with Crippen molar-refractivity contribution in [2.75, 3.05) is 53.0 Å². The van der Waals surface area contributed by atoms with Crippen molar-refractivity contribution in [3.8, 4) is 0 Å². The molecule has 5 nitrogen and oxygen atoms in total. The van der Waals surface area contributed by atoms with Gasteiger partial charge in [0, 0.05) is 45.8 Å². The van der Waals surface area contributed by atoms with Crippen molar-refractivity contribution < 1.29 is 14.3 Å². The lowest BCUT2D eigenvalue weighted by atomic mass is 10.0. The van der Waals surface area contributed by atoms with Gasteiger partial charge < -0.3 is 19.3 Å². The van der Waals surface area contributed by atoms with Crippen LogP contribution in [0.5, 0.6) is 0 Å². The highest BCUT2D eigenvalue weighted by Crippen LogP contribution is 2.30. The summed E-state index contributed by atoms with van der Waals surface area (Å²) in [6, 6.07) is 0. The number of amides is 1. The standard InChI is InChI=1S/C17H30N2O3/c1-18-7-9-22-16(11-18)12-19(10-14-2-3-14)17(20)5-4-15-6-8-21-13-15/h14-16H,2-13H2,1H3/t15-,16-/m0/s1. The van der Waals surface area contributed by atoms with E-state index in [-0.39, 0.29) is 6.10 Å². The number of hydrogen-bond acceptors (Lipinski definition) is 4. The van der Waals surface area contributed by atoms with Crippen LogP contribution in [0.4, 0.5) is 0 Å². The van der Waals surface area contributed by atoms with Crippen molar-refractivity contribution in [1.82, 2.24) is 9.80 Å². The van der Waals surface area contributed by atoms with E-state index in [0.717, 1.165) is 64.8 Å². The molecule has 0 aromatic heterocycles. The zero-order valence-corrected chi connectivity index (χ0v) is 13.8. The van der Waals surface area contributed by atoms with Gasteiger partial charge in [-0.1, -0.05) is 0 Å². The largest absolute Gasteiger partial charge is 0.381 e. The van der Waals surface area contributed by atoms with Crippen LogP contribution in [0, 0.1) is 11.8 Å². The van der Waals surface area contributed by atoms with Gasteiger partial charge in [-0.05, 0) is 44.6 Å². The monoisotopic (exact) mass is 310 g/mol. The van der Waals surface area contributed by atoms with Crippen molar-refractivity contribution in [2.45, 2.75) is 38.2 Å². The Bertz CT molecular complexity index is 367. The van der Waals surface area contributed by atoms with Gasteiger partial charge in [0.05, 0.1) is 12.7 Å². The first-order valence-electron chi connectivity index (χ1n) is 8.86. The first-order chi connectivity index (χ1) is 10.7. The summed E-state index contributed by atoms with van der Waals surface area (Å²) in [5.74, 6) is 1.64. The Morgan fingerprint density at radius 2 is 2.05 bits per heavy atom. The van der Waals surface area contributed by atoms with E-state index in [1.807, 2.05) is 0 Å². The third-order valence-electron chi connectivity index (χ3n) is 5.08. The molecule has 1 saturated carbocycles. The number of carbonyl (C=O) groups excluding carboxylic acids is 1. The Balaban J connectivity index is 1.47. The molecule has 2 heterocycles. The van der Waals surface area contributed by atoms with Crippen molar-refractivity contribution in [1.29, 1.82) is 0 Å². The summed E-state index contributed by atoms with van der Waals surface area (Å²) in [5, 5.41) is 0. The molecule has 0 spiro atoms. The minimum absolute atomic E-state index is 0.177. The molecule has 3 fully saturated rings. The van der Waals surface area contributed by atoms with Crippen LogP contribution in [-0.4, -0.2) is 74.9 Å². The molecule has 0 aromatic rings. The zero-order valence-electron chi connectivity index (χ0n) is 13.8. The highest BCUT2D eigenvalue weighted by atomic mass is 16.5. The lowest BCUT2D eigenvalue weighted by Crippen LogP contribution is -2.48. The summed E-state index contributed by atoms with van der Waals surface area (Å²) in [5.41, 5.74) is 0. The van der Waals surface area contributed by atoms with Crippen LogP contribution < -0.4 is 0 Å². The Morgan fingerprint density at radius 1 is 1.18 bits per heavy atom. The second-order valence-electron chi connectivity index (χ2n) is 7.27. The zero-order chi connectivity index (χ0) is 15.4. The SMILES string of the molecule is CN1CCO[C@H](CN(CC2CC2)C(=O)CC[C@H]2CCOC2)C1. The maximum Gasteiger partial charge on any atom is 0.222 e. The van der Waals surface area contributed by atoms with Gasteiger partial charge in [0.1, 0.15) is 0 Å². The van der Waals surface area contributed by atoms with Gasteiger partial charge in [-0.15, -0.1) is 0 Å². The summed E-state index contributed by atoms with van der Waals surface area (Å²) >= 11 is 0. The summed E-state index contributed by atoms with van der Waals surface area (Å²) in [6.45, 7) is 6.12. The fraction of sp³-hybridized carbons (Fsp3) is 0.941. The molecular weight excluding hydrogens is 280 g/mol. The fourth-order valence-electron chi connectivity index (χ4n) is 3.41. The smallest absolute Gasteiger partial charge is 0.222 e. The van der Waals surface area contributed by atoms with Gasteiger partial charge in [0.25, 0.3) is 0 Å². The molecule has 0 N–H and O–H groups in total. The van der Waals surface area contributed by atoms with E-state index in [0.29, 0.717) is 18.2 Å². The highest BCUT2D eigenvalue weighted by Gasteiger charge is 2.30. The van der Waals surface area contributed by atoms with Crippen LogP contribution in [0.25, 0.3) is 0 Å². The summed E-state index contributed by atoms with van der Waals surface area (Å²) < 4.78 is 11.3. The lowest BCUT2D eigenvalue weighted by molar-refractivity contribution is -0.135. The molecule has 1 amide bonds. The molecule has 2 atom stereocenters. The van der Waals surface area contributed by atoms with Crippen LogP contribution in [0.15, 0.2) is 0 Å². The van der Waals surface area contributed by atoms with Gasteiger partial charge in [-0.25, -0.2) is 0 Å². The maximum absolute atomic E-state index is 12.6.